The van der Waals surface area contributed by atoms with Gasteiger partial charge in [0.2, 0.25) is 5.91 Å². The molecular formula is C23H29N3O3. The van der Waals surface area contributed by atoms with Crippen LogP contribution in [0.2, 0.25) is 0 Å². The number of hydrogen-bond donors (Lipinski definition) is 1. The summed E-state index contributed by atoms with van der Waals surface area (Å²) in [6.07, 6.45) is 11.4. The fraction of sp³-hybridized carbons (Fsp3) is 0.522. The summed E-state index contributed by atoms with van der Waals surface area (Å²) in [6.45, 7) is 0. The molecule has 4 rings (SSSR count). The van der Waals surface area contributed by atoms with Crippen molar-refractivity contribution < 1.29 is 9.53 Å². The van der Waals surface area contributed by atoms with E-state index in [1.807, 2.05) is 18.2 Å². The first-order valence-electron chi connectivity index (χ1n) is 10.8. The number of ether oxygens (including phenoxy) is 1. The largest absolute Gasteiger partial charge is 0.455 e. The van der Waals surface area contributed by atoms with Crippen LogP contribution in [0.15, 0.2) is 41.3 Å². The number of hydrogen-bond acceptors (Lipinski definition) is 4. The minimum absolute atomic E-state index is 0.359. The Morgan fingerprint density at radius 1 is 1.14 bits per heavy atom. The number of carbonyl (C=O) groups excluding carboxylic acids is 1. The molecular weight excluding hydrogens is 366 g/mol. The minimum Gasteiger partial charge on any atom is -0.455 e. The molecule has 0 spiro atoms. The van der Waals surface area contributed by atoms with Gasteiger partial charge in [-0.25, -0.2) is 4.68 Å². The van der Waals surface area contributed by atoms with E-state index in [-0.39, 0.29) is 5.56 Å². The number of aromatic nitrogens is 2. The summed E-state index contributed by atoms with van der Waals surface area (Å²) < 4.78 is 7.26. The maximum atomic E-state index is 12.7. The second-order valence-electron chi connectivity index (χ2n) is 8.40. The zero-order chi connectivity index (χ0) is 20.2. The molecule has 0 saturated heterocycles. The maximum Gasteiger partial charge on any atom is 0.271 e. The van der Waals surface area contributed by atoms with Gasteiger partial charge in [0.15, 0.2) is 5.75 Å². The molecule has 2 N–H and O–H groups in total. The van der Waals surface area contributed by atoms with Crippen LogP contribution < -0.4 is 16.0 Å². The third-order valence-corrected chi connectivity index (χ3v) is 6.40. The van der Waals surface area contributed by atoms with Crippen molar-refractivity contribution in [1.82, 2.24) is 9.78 Å². The van der Waals surface area contributed by atoms with E-state index in [1.54, 1.807) is 0 Å². The van der Waals surface area contributed by atoms with Gasteiger partial charge in [-0.05, 0) is 42.7 Å². The summed E-state index contributed by atoms with van der Waals surface area (Å²) in [5.41, 5.74) is 6.42. The van der Waals surface area contributed by atoms with Gasteiger partial charge in [-0.2, -0.15) is 5.10 Å². The van der Waals surface area contributed by atoms with Gasteiger partial charge in [0.25, 0.3) is 5.56 Å². The molecule has 1 aromatic heterocycles. The number of amides is 1. The summed E-state index contributed by atoms with van der Waals surface area (Å²) in [6, 6.07) is 8.70. The Hall–Kier alpha value is -2.63. The lowest BCUT2D eigenvalue weighted by molar-refractivity contribution is -0.122. The van der Waals surface area contributed by atoms with Crippen LogP contribution in [0.25, 0.3) is 0 Å². The first-order valence-corrected chi connectivity index (χ1v) is 10.8. The van der Waals surface area contributed by atoms with Gasteiger partial charge in [0, 0.05) is 6.07 Å². The van der Waals surface area contributed by atoms with Crippen LogP contribution in [-0.2, 0) is 4.79 Å². The molecule has 2 aliphatic rings. The third-order valence-electron chi connectivity index (χ3n) is 6.40. The molecule has 2 saturated carbocycles. The summed E-state index contributed by atoms with van der Waals surface area (Å²) in [4.78, 5) is 24.7. The molecule has 1 amide bonds. The first kappa shape index (κ1) is 19.7. The number of para-hydroxylation sites is 1. The van der Waals surface area contributed by atoms with Crippen LogP contribution in [0.5, 0.6) is 11.5 Å². The van der Waals surface area contributed by atoms with E-state index in [4.69, 9.17) is 10.5 Å². The van der Waals surface area contributed by atoms with E-state index in [9.17, 15) is 9.59 Å². The summed E-state index contributed by atoms with van der Waals surface area (Å²) in [5, 5.41) is 4.24. The molecule has 6 heteroatoms. The monoisotopic (exact) mass is 395 g/mol. The van der Waals surface area contributed by atoms with Crippen LogP contribution in [0.1, 0.15) is 75.3 Å². The fourth-order valence-corrected chi connectivity index (χ4v) is 4.86. The number of primary amides is 1. The van der Waals surface area contributed by atoms with Crippen LogP contribution in [0.3, 0.4) is 0 Å². The number of carbonyl (C=O) groups is 1. The van der Waals surface area contributed by atoms with E-state index in [0.29, 0.717) is 24.0 Å². The van der Waals surface area contributed by atoms with Crippen molar-refractivity contribution in [2.24, 2.45) is 11.7 Å². The molecule has 0 radical (unpaired) electrons. The highest BCUT2D eigenvalue weighted by Crippen LogP contribution is 2.39. The van der Waals surface area contributed by atoms with Crippen molar-refractivity contribution in [3.05, 3.63) is 52.4 Å². The van der Waals surface area contributed by atoms with E-state index >= 15 is 0 Å². The van der Waals surface area contributed by atoms with Crippen LogP contribution >= 0.6 is 0 Å². The molecule has 0 aliphatic heterocycles. The quantitative estimate of drug-likeness (QED) is 0.757. The Balaban J connectivity index is 1.54. The van der Waals surface area contributed by atoms with E-state index in [0.717, 1.165) is 18.6 Å². The molecule has 1 unspecified atom stereocenters. The third kappa shape index (κ3) is 4.52. The molecule has 2 aliphatic carbocycles. The molecule has 29 heavy (non-hydrogen) atoms. The Morgan fingerprint density at radius 2 is 1.83 bits per heavy atom. The number of nitrogens with two attached hydrogens (primary N) is 1. The number of nitrogens with zero attached hydrogens (tertiary/aromatic N) is 2. The van der Waals surface area contributed by atoms with Gasteiger partial charge in [0.1, 0.15) is 11.8 Å². The Kier molecular flexibility index (Phi) is 5.97. The minimum atomic E-state index is -0.703. The average molecular weight is 396 g/mol. The van der Waals surface area contributed by atoms with E-state index in [1.165, 1.54) is 61.0 Å². The summed E-state index contributed by atoms with van der Waals surface area (Å²) in [7, 11) is 0. The van der Waals surface area contributed by atoms with Gasteiger partial charge < -0.3 is 10.5 Å². The lowest BCUT2D eigenvalue weighted by Crippen LogP contribution is -2.36. The van der Waals surface area contributed by atoms with Crippen molar-refractivity contribution >= 4 is 5.91 Å². The SMILES string of the molecule is NC(=O)C(CC1CCCC1)n1ncc(Oc2ccccc2C2CCCC2)cc1=O. The molecule has 2 fully saturated rings. The highest BCUT2D eigenvalue weighted by atomic mass is 16.5. The van der Waals surface area contributed by atoms with Gasteiger partial charge in [-0.3, -0.25) is 9.59 Å². The van der Waals surface area contributed by atoms with Gasteiger partial charge in [-0.15, -0.1) is 0 Å². The average Bonchev–Trinajstić information content (AvgIpc) is 3.41. The summed E-state index contributed by atoms with van der Waals surface area (Å²) in [5.74, 6) is 1.59. The smallest absolute Gasteiger partial charge is 0.271 e. The maximum absolute atomic E-state index is 12.7. The summed E-state index contributed by atoms with van der Waals surface area (Å²) >= 11 is 0. The lowest BCUT2D eigenvalue weighted by atomic mass is 9.97. The van der Waals surface area contributed by atoms with Crippen LogP contribution in [-0.4, -0.2) is 15.7 Å². The van der Waals surface area contributed by atoms with Crippen LogP contribution in [0.4, 0.5) is 0 Å². The fourth-order valence-electron chi connectivity index (χ4n) is 4.86. The van der Waals surface area contributed by atoms with Crippen molar-refractivity contribution in [3.8, 4) is 11.5 Å². The Morgan fingerprint density at radius 3 is 2.52 bits per heavy atom. The van der Waals surface area contributed by atoms with Gasteiger partial charge >= 0.3 is 0 Å². The Bertz CT molecular complexity index is 912. The van der Waals surface area contributed by atoms with Crippen molar-refractivity contribution in [2.75, 3.05) is 0 Å². The number of benzene rings is 1. The number of rotatable bonds is 7. The molecule has 2 aromatic rings. The topological polar surface area (TPSA) is 87.2 Å². The Labute approximate surface area is 171 Å². The molecule has 154 valence electrons. The molecule has 1 heterocycles. The van der Waals surface area contributed by atoms with Gasteiger partial charge in [-0.1, -0.05) is 56.7 Å². The van der Waals surface area contributed by atoms with Crippen LogP contribution in [0, 0.1) is 5.92 Å². The standard InChI is InChI=1S/C23H29N3O3/c24-23(28)20(13-16-7-1-2-8-16)26-22(27)14-18(15-25-26)29-21-12-6-5-11-19(21)17-9-3-4-10-17/h5-6,11-12,14-17,20H,1-4,7-10,13H2,(H2,24,28). The van der Waals surface area contributed by atoms with Crippen molar-refractivity contribution in [2.45, 2.75) is 69.7 Å². The van der Waals surface area contributed by atoms with Crippen molar-refractivity contribution in [1.29, 1.82) is 0 Å². The van der Waals surface area contributed by atoms with Gasteiger partial charge in [0.05, 0.1) is 6.20 Å². The zero-order valence-electron chi connectivity index (χ0n) is 16.8. The molecule has 0 bridgehead atoms. The highest BCUT2D eigenvalue weighted by Gasteiger charge is 2.27. The molecule has 1 atom stereocenters. The first-order chi connectivity index (χ1) is 14.1. The molecule has 6 nitrogen and oxygen atoms in total. The van der Waals surface area contributed by atoms with Crippen molar-refractivity contribution in [3.63, 3.8) is 0 Å². The normalized spacial score (nSPS) is 18.8. The van der Waals surface area contributed by atoms with E-state index in [2.05, 4.69) is 11.2 Å². The predicted molar refractivity (Wildman–Crippen MR) is 111 cm³/mol. The predicted octanol–water partition coefficient (Wildman–Crippen LogP) is 4.30. The zero-order valence-corrected chi connectivity index (χ0v) is 16.8. The molecule has 1 aromatic carbocycles. The highest BCUT2D eigenvalue weighted by molar-refractivity contribution is 5.78. The lowest BCUT2D eigenvalue weighted by Gasteiger charge is -2.19. The van der Waals surface area contributed by atoms with E-state index < -0.39 is 11.9 Å². The second kappa shape index (κ2) is 8.80. The second-order valence-corrected chi connectivity index (χ2v) is 8.40.